The van der Waals surface area contributed by atoms with Gasteiger partial charge in [0.15, 0.2) is 0 Å². The van der Waals surface area contributed by atoms with Gasteiger partial charge in [0.25, 0.3) is 0 Å². The third-order valence-corrected chi connectivity index (χ3v) is 1.92. The van der Waals surface area contributed by atoms with Crippen molar-refractivity contribution < 1.29 is 14.2 Å². The van der Waals surface area contributed by atoms with E-state index in [4.69, 9.17) is 14.2 Å². The molecule has 0 amide bonds. The third kappa shape index (κ3) is 5.09. The van der Waals surface area contributed by atoms with Gasteiger partial charge in [-0.05, 0) is 25.5 Å². The molecule has 0 N–H and O–H groups in total. The smallest absolute Gasteiger partial charge is 0.213 e. The van der Waals surface area contributed by atoms with Crippen molar-refractivity contribution in [3.05, 3.63) is 23.9 Å². The second-order valence-electron chi connectivity index (χ2n) is 3.71. The van der Waals surface area contributed by atoms with Crippen LogP contribution in [0.5, 0.6) is 5.88 Å². The van der Waals surface area contributed by atoms with Crippen molar-refractivity contribution >= 4 is 0 Å². The van der Waals surface area contributed by atoms with Gasteiger partial charge in [-0.1, -0.05) is 0 Å². The average molecular weight is 225 g/mol. The molecule has 4 heteroatoms. The Morgan fingerprint density at radius 1 is 1.25 bits per heavy atom. The zero-order valence-electron chi connectivity index (χ0n) is 10.1. The molecule has 0 saturated carbocycles. The summed E-state index contributed by atoms with van der Waals surface area (Å²) in [6, 6.07) is 3.80. The van der Waals surface area contributed by atoms with Gasteiger partial charge >= 0.3 is 0 Å². The SMILES string of the molecule is COCCOc1ccc(COC(C)C)cn1. The summed E-state index contributed by atoms with van der Waals surface area (Å²) in [5, 5.41) is 0. The molecule has 16 heavy (non-hydrogen) atoms. The van der Waals surface area contributed by atoms with Crippen LogP contribution < -0.4 is 4.74 Å². The minimum atomic E-state index is 0.234. The average Bonchev–Trinajstić information content (AvgIpc) is 2.28. The number of methoxy groups -OCH3 is 1. The van der Waals surface area contributed by atoms with Crippen LogP contribution in [0.2, 0.25) is 0 Å². The Balaban J connectivity index is 2.35. The van der Waals surface area contributed by atoms with Gasteiger partial charge in [-0.15, -0.1) is 0 Å². The van der Waals surface area contributed by atoms with Crippen LogP contribution >= 0.6 is 0 Å². The summed E-state index contributed by atoms with van der Waals surface area (Å²) < 4.78 is 15.7. The molecule has 0 radical (unpaired) electrons. The number of hydrogen-bond acceptors (Lipinski definition) is 4. The molecule has 0 aliphatic rings. The predicted molar refractivity (Wildman–Crippen MR) is 61.5 cm³/mol. The van der Waals surface area contributed by atoms with Gasteiger partial charge in [0.1, 0.15) is 6.61 Å². The number of aromatic nitrogens is 1. The van der Waals surface area contributed by atoms with E-state index in [1.165, 1.54) is 0 Å². The minimum Gasteiger partial charge on any atom is -0.475 e. The molecule has 0 fully saturated rings. The van der Waals surface area contributed by atoms with Gasteiger partial charge in [-0.3, -0.25) is 0 Å². The third-order valence-electron chi connectivity index (χ3n) is 1.92. The first-order chi connectivity index (χ1) is 7.72. The molecule has 0 unspecified atom stereocenters. The second-order valence-corrected chi connectivity index (χ2v) is 3.71. The minimum absolute atomic E-state index is 0.234. The maximum Gasteiger partial charge on any atom is 0.213 e. The second kappa shape index (κ2) is 7.19. The quantitative estimate of drug-likeness (QED) is 0.666. The highest BCUT2D eigenvalue weighted by atomic mass is 16.5. The van der Waals surface area contributed by atoms with Crippen LogP contribution in [-0.4, -0.2) is 31.4 Å². The molecular weight excluding hydrogens is 206 g/mol. The fourth-order valence-electron chi connectivity index (χ4n) is 1.07. The highest BCUT2D eigenvalue weighted by Gasteiger charge is 1.99. The molecule has 0 spiro atoms. The standard InChI is InChI=1S/C12H19NO3/c1-10(2)16-9-11-4-5-12(13-8-11)15-7-6-14-3/h4-5,8,10H,6-7,9H2,1-3H3. The molecule has 1 heterocycles. The monoisotopic (exact) mass is 225 g/mol. The van der Waals surface area contributed by atoms with Crippen molar-refractivity contribution in [2.75, 3.05) is 20.3 Å². The molecule has 0 saturated heterocycles. The van der Waals surface area contributed by atoms with Crippen molar-refractivity contribution in [3.63, 3.8) is 0 Å². The van der Waals surface area contributed by atoms with Crippen LogP contribution in [0.3, 0.4) is 0 Å². The van der Waals surface area contributed by atoms with E-state index in [2.05, 4.69) is 4.98 Å². The van der Waals surface area contributed by atoms with E-state index in [0.717, 1.165) is 5.56 Å². The summed E-state index contributed by atoms with van der Waals surface area (Å²) in [4.78, 5) is 4.17. The lowest BCUT2D eigenvalue weighted by atomic mass is 10.3. The van der Waals surface area contributed by atoms with E-state index in [1.54, 1.807) is 13.3 Å². The number of pyridine rings is 1. The first kappa shape index (κ1) is 12.9. The molecule has 4 nitrogen and oxygen atoms in total. The Bertz CT molecular complexity index is 285. The molecule has 1 aromatic rings. The first-order valence-electron chi connectivity index (χ1n) is 5.40. The Kier molecular flexibility index (Phi) is 5.82. The molecule has 0 aliphatic carbocycles. The number of hydrogen-bond donors (Lipinski definition) is 0. The van der Waals surface area contributed by atoms with Gasteiger partial charge in [0.2, 0.25) is 5.88 Å². The molecule has 90 valence electrons. The van der Waals surface area contributed by atoms with Gasteiger partial charge in [0, 0.05) is 19.4 Å². The van der Waals surface area contributed by atoms with Gasteiger partial charge in [0.05, 0.1) is 19.3 Å². The van der Waals surface area contributed by atoms with Crippen LogP contribution in [0.4, 0.5) is 0 Å². The lowest BCUT2D eigenvalue weighted by Crippen LogP contribution is -2.06. The zero-order valence-corrected chi connectivity index (χ0v) is 10.1. The van der Waals surface area contributed by atoms with E-state index < -0.39 is 0 Å². The maximum absolute atomic E-state index is 5.47. The largest absolute Gasteiger partial charge is 0.475 e. The summed E-state index contributed by atoms with van der Waals surface area (Å²) in [6.07, 6.45) is 2.00. The molecule has 0 bridgehead atoms. The van der Waals surface area contributed by atoms with Crippen molar-refractivity contribution in [2.24, 2.45) is 0 Å². The first-order valence-corrected chi connectivity index (χ1v) is 5.40. The van der Waals surface area contributed by atoms with Gasteiger partial charge < -0.3 is 14.2 Å². The Labute approximate surface area is 96.5 Å². The lowest BCUT2D eigenvalue weighted by molar-refractivity contribution is 0.0654. The van der Waals surface area contributed by atoms with Crippen molar-refractivity contribution in [1.82, 2.24) is 4.98 Å². The van der Waals surface area contributed by atoms with E-state index >= 15 is 0 Å². The number of nitrogens with zero attached hydrogens (tertiary/aromatic N) is 1. The number of rotatable bonds is 7. The Morgan fingerprint density at radius 2 is 2.06 bits per heavy atom. The van der Waals surface area contributed by atoms with Crippen LogP contribution in [0.1, 0.15) is 19.4 Å². The van der Waals surface area contributed by atoms with Crippen LogP contribution in [-0.2, 0) is 16.1 Å². The topological polar surface area (TPSA) is 40.6 Å². The summed E-state index contributed by atoms with van der Waals surface area (Å²) in [7, 11) is 1.64. The Morgan fingerprint density at radius 3 is 2.62 bits per heavy atom. The molecule has 1 rings (SSSR count). The fraction of sp³-hybridized carbons (Fsp3) is 0.583. The van der Waals surface area contributed by atoms with Crippen LogP contribution in [0, 0.1) is 0 Å². The summed E-state index contributed by atoms with van der Waals surface area (Å²) in [5.41, 5.74) is 1.05. The van der Waals surface area contributed by atoms with E-state index in [-0.39, 0.29) is 6.10 Å². The van der Waals surface area contributed by atoms with Gasteiger partial charge in [-0.25, -0.2) is 4.98 Å². The van der Waals surface area contributed by atoms with Crippen molar-refractivity contribution in [2.45, 2.75) is 26.6 Å². The summed E-state index contributed by atoms with van der Waals surface area (Å²) >= 11 is 0. The van der Waals surface area contributed by atoms with Crippen molar-refractivity contribution in [3.8, 4) is 5.88 Å². The van der Waals surface area contributed by atoms with Crippen LogP contribution in [0.25, 0.3) is 0 Å². The number of ether oxygens (including phenoxy) is 3. The molecule has 0 aromatic carbocycles. The van der Waals surface area contributed by atoms with Gasteiger partial charge in [-0.2, -0.15) is 0 Å². The molecular formula is C12H19NO3. The predicted octanol–water partition coefficient (Wildman–Crippen LogP) is 2.03. The lowest BCUT2D eigenvalue weighted by Gasteiger charge is -2.08. The van der Waals surface area contributed by atoms with E-state index in [0.29, 0.717) is 25.7 Å². The van der Waals surface area contributed by atoms with E-state index in [1.807, 2.05) is 26.0 Å². The van der Waals surface area contributed by atoms with E-state index in [9.17, 15) is 0 Å². The highest BCUT2D eigenvalue weighted by Crippen LogP contribution is 2.09. The van der Waals surface area contributed by atoms with Crippen molar-refractivity contribution in [1.29, 1.82) is 0 Å². The normalized spacial score (nSPS) is 10.8. The fourth-order valence-corrected chi connectivity index (χ4v) is 1.07. The molecule has 0 aliphatic heterocycles. The zero-order chi connectivity index (χ0) is 11.8. The Hall–Kier alpha value is -1.13. The summed E-state index contributed by atoms with van der Waals surface area (Å²) in [6.45, 7) is 5.69. The summed E-state index contributed by atoms with van der Waals surface area (Å²) in [5.74, 6) is 0.616. The maximum atomic E-state index is 5.47. The molecule has 0 atom stereocenters. The highest BCUT2D eigenvalue weighted by molar-refractivity contribution is 5.17. The molecule has 1 aromatic heterocycles. The van der Waals surface area contributed by atoms with Crippen LogP contribution in [0.15, 0.2) is 18.3 Å².